The molecular weight excluding hydrogens is 307 g/mol. The van der Waals surface area contributed by atoms with Crippen LogP contribution < -0.4 is 11.2 Å². The van der Waals surface area contributed by atoms with Crippen molar-refractivity contribution in [3.05, 3.63) is 39.4 Å². The molecule has 1 heterocycles. The van der Waals surface area contributed by atoms with Crippen LogP contribution in [-0.2, 0) is 0 Å². The Morgan fingerprint density at radius 1 is 1.53 bits per heavy atom. The zero-order valence-electron chi connectivity index (χ0n) is 8.52. The molecule has 0 unspecified atom stereocenters. The summed E-state index contributed by atoms with van der Waals surface area (Å²) in [5.41, 5.74) is 8.81. The maximum absolute atomic E-state index is 13.2. The van der Waals surface area contributed by atoms with Gasteiger partial charge in [0.1, 0.15) is 11.6 Å². The molecule has 0 saturated carbocycles. The van der Waals surface area contributed by atoms with Crippen molar-refractivity contribution >= 4 is 44.4 Å². The van der Waals surface area contributed by atoms with Crippen LogP contribution in [0.25, 0.3) is 0 Å². The lowest BCUT2D eigenvalue weighted by Gasteiger charge is -1.98. The molecular formula is C10H8BrFN4S. The topological polar surface area (TPSA) is 63.3 Å². The van der Waals surface area contributed by atoms with Crippen LogP contribution in [-0.4, -0.2) is 11.2 Å². The predicted molar refractivity (Wildman–Crippen MR) is 71.8 cm³/mol. The van der Waals surface area contributed by atoms with Gasteiger partial charge >= 0.3 is 0 Å². The van der Waals surface area contributed by atoms with Gasteiger partial charge in [-0.15, -0.1) is 11.3 Å². The Morgan fingerprint density at radius 3 is 3.06 bits per heavy atom. The lowest BCUT2D eigenvalue weighted by molar-refractivity contribution is 0.621. The second-order valence-corrected chi connectivity index (χ2v) is 4.74. The third kappa shape index (κ3) is 3.01. The van der Waals surface area contributed by atoms with Crippen molar-refractivity contribution < 1.29 is 4.39 Å². The first-order chi connectivity index (χ1) is 8.16. The number of hydrogen-bond acceptors (Lipinski definition) is 5. The molecule has 0 aliphatic rings. The first-order valence-corrected chi connectivity index (χ1v) is 6.28. The molecule has 0 fully saturated rings. The third-order valence-corrected chi connectivity index (χ3v) is 3.47. The predicted octanol–water partition coefficient (Wildman–Crippen LogP) is 3.07. The maximum Gasteiger partial charge on any atom is 0.205 e. The van der Waals surface area contributed by atoms with Crippen LogP contribution in [0.1, 0.15) is 5.56 Å². The Kier molecular flexibility index (Phi) is 3.70. The highest BCUT2D eigenvalue weighted by Gasteiger charge is 2.02. The van der Waals surface area contributed by atoms with Gasteiger partial charge in [0.05, 0.1) is 10.7 Å². The van der Waals surface area contributed by atoms with Gasteiger partial charge in [0.2, 0.25) is 5.13 Å². The number of rotatable bonds is 3. The van der Waals surface area contributed by atoms with Crippen LogP contribution in [0.2, 0.25) is 0 Å². The number of benzene rings is 1. The number of aromatic nitrogens is 1. The van der Waals surface area contributed by atoms with E-state index < -0.39 is 0 Å². The molecule has 0 aliphatic heterocycles. The lowest BCUT2D eigenvalue weighted by Crippen LogP contribution is -1.92. The summed E-state index contributed by atoms with van der Waals surface area (Å²) in [5.74, 6) is 0.118. The van der Waals surface area contributed by atoms with Crippen LogP contribution >= 0.6 is 27.3 Å². The van der Waals surface area contributed by atoms with Crippen molar-refractivity contribution in [2.45, 2.75) is 0 Å². The van der Waals surface area contributed by atoms with E-state index in [0.717, 1.165) is 0 Å². The quantitative estimate of drug-likeness (QED) is 0.676. The molecule has 0 amide bonds. The number of hydrogen-bond donors (Lipinski definition) is 2. The average Bonchev–Trinajstić information content (AvgIpc) is 2.70. The summed E-state index contributed by atoms with van der Waals surface area (Å²) in [6.07, 6.45) is 1.50. The Hall–Kier alpha value is -1.47. The van der Waals surface area contributed by atoms with Crippen molar-refractivity contribution in [2.75, 3.05) is 11.2 Å². The highest BCUT2D eigenvalue weighted by molar-refractivity contribution is 9.10. The van der Waals surface area contributed by atoms with Gasteiger partial charge < -0.3 is 5.73 Å². The summed E-state index contributed by atoms with van der Waals surface area (Å²) in [6.45, 7) is 0. The number of nitrogens with two attached hydrogens (primary N) is 1. The minimum atomic E-state index is -0.326. The normalized spacial score (nSPS) is 10.9. The van der Waals surface area contributed by atoms with Crippen LogP contribution in [0.4, 0.5) is 15.3 Å². The molecule has 2 rings (SSSR count). The van der Waals surface area contributed by atoms with Gasteiger partial charge in [0, 0.05) is 10.9 Å². The number of halogens is 2. The van der Waals surface area contributed by atoms with Crippen LogP contribution in [0.3, 0.4) is 0 Å². The van der Waals surface area contributed by atoms with Crippen molar-refractivity contribution in [1.82, 2.24) is 4.98 Å². The monoisotopic (exact) mass is 314 g/mol. The minimum Gasteiger partial charge on any atom is -0.383 e. The Labute approximate surface area is 110 Å². The van der Waals surface area contributed by atoms with E-state index in [9.17, 15) is 4.39 Å². The minimum absolute atomic E-state index is 0.326. The molecule has 2 aromatic rings. The summed E-state index contributed by atoms with van der Waals surface area (Å²) in [6, 6.07) is 4.73. The largest absolute Gasteiger partial charge is 0.383 e. The van der Waals surface area contributed by atoms with E-state index in [1.54, 1.807) is 17.5 Å². The molecule has 0 bridgehead atoms. The lowest BCUT2D eigenvalue weighted by atomic mass is 10.2. The number of hydrazone groups is 1. The van der Waals surface area contributed by atoms with Crippen LogP contribution in [0.5, 0.6) is 0 Å². The summed E-state index contributed by atoms with van der Waals surface area (Å²) < 4.78 is 13.6. The summed E-state index contributed by atoms with van der Waals surface area (Å²) in [7, 11) is 0. The number of nitrogens with zero attached hydrogens (tertiary/aromatic N) is 2. The molecule has 0 radical (unpaired) electrons. The maximum atomic E-state index is 13.2. The average molecular weight is 315 g/mol. The van der Waals surface area contributed by atoms with E-state index in [4.69, 9.17) is 5.73 Å². The first-order valence-electron chi connectivity index (χ1n) is 4.61. The van der Waals surface area contributed by atoms with Gasteiger partial charge in [-0.05, 0) is 22.0 Å². The fourth-order valence-electron chi connectivity index (χ4n) is 1.11. The van der Waals surface area contributed by atoms with E-state index in [0.29, 0.717) is 21.0 Å². The van der Waals surface area contributed by atoms with Gasteiger partial charge in [0.15, 0.2) is 0 Å². The van der Waals surface area contributed by atoms with Crippen LogP contribution in [0.15, 0.2) is 33.2 Å². The standard InChI is InChI=1S/C10H8BrFN4S/c11-9-6(2-1-3-7(9)12)4-14-16-10-15-8(13)5-17-10/h1-5H,13H2,(H,15,16). The molecule has 17 heavy (non-hydrogen) atoms. The van der Waals surface area contributed by atoms with Gasteiger partial charge in [-0.1, -0.05) is 12.1 Å². The van der Waals surface area contributed by atoms with Crippen molar-refractivity contribution in [2.24, 2.45) is 5.10 Å². The highest BCUT2D eigenvalue weighted by atomic mass is 79.9. The van der Waals surface area contributed by atoms with Crippen molar-refractivity contribution in [3.63, 3.8) is 0 Å². The van der Waals surface area contributed by atoms with E-state index in [1.807, 2.05) is 0 Å². The highest BCUT2D eigenvalue weighted by Crippen LogP contribution is 2.19. The van der Waals surface area contributed by atoms with Crippen LogP contribution in [0, 0.1) is 5.82 Å². The van der Waals surface area contributed by atoms with Gasteiger partial charge in [-0.25, -0.2) is 9.37 Å². The van der Waals surface area contributed by atoms with Gasteiger partial charge in [0.25, 0.3) is 0 Å². The fraction of sp³-hybridized carbons (Fsp3) is 0. The van der Waals surface area contributed by atoms with Crippen molar-refractivity contribution in [3.8, 4) is 0 Å². The van der Waals surface area contributed by atoms with Gasteiger partial charge in [-0.2, -0.15) is 5.10 Å². The Morgan fingerprint density at radius 2 is 2.35 bits per heavy atom. The second kappa shape index (κ2) is 5.24. The zero-order valence-corrected chi connectivity index (χ0v) is 10.9. The molecule has 0 spiro atoms. The Balaban J connectivity index is 2.08. The summed E-state index contributed by atoms with van der Waals surface area (Å²) in [4.78, 5) is 3.97. The smallest absolute Gasteiger partial charge is 0.205 e. The molecule has 0 atom stereocenters. The SMILES string of the molecule is Nc1csc(NN=Cc2cccc(F)c2Br)n1. The molecule has 3 N–H and O–H groups in total. The Bertz CT molecular complexity index is 555. The summed E-state index contributed by atoms with van der Waals surface area (Å²) in [5, 5.41) is 6.24. The number of nitrogens with one attached hydrogen (secondary N) is 1. The number of anilines is 2. The van der Waals surface area contributed by atoms with E-state index in [2.05, 4.69) is 31.4 Å². The summed E-state index contributed by atoms with van der Waals surface area (Å²) >= 11 is 4.49. The molecule has 1 aromatic heterocycles. The van der Waals surface area contributed by atoms with E-state index >= 15 is 0 Å². The molecule has 1 aromatic carbocycles. The molecule has 0 aliphatic carbocycles. The molecule has 0 saturated heterocycles. The number of thiazole rings is 1. The third-order valence-electron chi connectivity index (χ3n) is 1.87. The zero-order chi connectivity index (χ0) is 12.3. The number of nitrogen functional groups attached to an aromatic ring is 1. The van der Waals surface area contributed by atoms with E-state index in [1.165, 1.54) is 23.6 Å². The fourth-order valence-corrected chi connectivity index (χ4v) is 2.03. The second-order valence-electron chi connectivity index (χ2n) is 3.09. The molecule has 7 heteroatoms. The molecule has 4 nitrogen and oxygen atoms in total. The van der Waals surface area contributed by atoms with E-state index in [-0.39, 0.29) is 5.82 Å². The van der Waals surface area contributed by atoms with Gasteiger partial charge in [-0.3, -0.25) is 5.43 Å². The molecule has 88 valence electrons. The first kappa shape index (κ1) is 12.0. The van der Waals surface area contributed by atoms with Crippen molar-refractivity contribution in [1.29, 1.82) is 0 Å².